The maximum absolute atomic E-state index is 12.2. The molecule has 1 saturated heterocycles. The van der Waals surface area contributed by atoms with Crippen LogP contribution in [0, 0.1) is 0 Å². The molecule has 1 fully saturated rings. The summed E-state index contributed by atoms with van der Waals surface area (Å²) in [5.74, 6) is -0.00780. The lowest BCUT2D eigenvalue weighted by Crippen LogP contribution is -2.32. The molecule has 0 aliphatic carbocycles. The third-order valence-corrected chi connectivity index (χ3v) is 5.77. The maximum atomic E-state index is 12.2. The highest BCUT2D eigenvalue weighted by atomic mass is 79.9. The zero-order valence-corrected chi connectivity index (χ0v) is 13.9. The number of nitrogens with two attached hydrogens (primary N) is 1. The van der Waals surface area contributed by atoms with Crippen LogP contribution >= 0.6 is 15.9 Å². The maximum Gasteiger partial charge on any atom is 0.241 e. The van der Waals surface area contributed by atoms with Crippen LogP contribution in [0.25, 0.3) is 0 Å². The molecule has 21 heavy (non-hydrogen) atoms. The Labute approximate surface area is 132 Å². The van der Waals surface area contributed by atoms with E-state index in [1.54, 1.807) is 4.90 Å². The first-order chi connectivity index (χ1) is 9.90. The molecule has 0 saturated carbocycles. The van der Waals surface area contributed by atoms with Crippen molar-refractivity contribution < 1.29 is 13.2 Å². The van der Waals surface area contributed by atoms with Gasteiger partial charge in [0.05, 0.1) is 4.90 Å². The summed E-state index contributed by atoms with van der Waals surface area (Å²) in [7, 11) is -3.65. The first-order valence-electron chi connectivity index (χ1n) is 6.72. The quantitative estimate of drug-likeness (QED) is 0.759. The number of hydrogen-bond donors (Lipinski definition) is 2. The predicted octanol–water partition coefficient (Wildman–Crippen LogP) is 1.32. The van der Waals surface area contributed by atoms with Crippen molar-refractivity contribution in [2.24, 2.45) is 0 Å². The van der Waals surface area contributed by atoms with Crippen molar-refractivity contribution >= 4 is 37.5 Å². The van der Waals surface area contributed by atoms with Crippen LogP contribution in [-0.2, 0) is 14.8 Å². The van der Waals surface area contributed by atoms with Crippen molar-refractivity contribution in [1.29, 1.82) is 0 Å². The molecule has 116 valence electrons. The second-order valence-electron chi connectivity index (χ2n) is 4.93. The molecular weight excluding hydrogens is 358 g/mol. The molecule has 0 spiro atoms. The minimum atomic E-state index is -3.65. The van der Waals surface area contributed by atoms with Crippen molar-refractivity contribution in [3.05, 3.63) is 22.7 Å². The lowest BCUT2D eigenvalue weighted by Gasteiger charge is -2.15. The highest BCUT2D eigenvalue weighted by Gasteiger charge is 2.20. The monoisotopic (exact) mass is 375 g/mol. The third kappa shape index (κ3) is 4.18. The molecule has 0 unspecified atom stereocenters. The van der Waals surface area contributed by atoms with Gasteiger partial charge in [-0.05, 0) is 47.0 Å². The van der Waals surface area contributed by atoms with E-state index in [1.165, 1.54) is 18.2 Å². The van der Waals surface area contributed by atoms with E-state index in [0.29, 0.717) is 10.2 Å². The fraction of sp³-hybridized carbons (Fsp3) is 0.462. The summed E-state index contributed by atoms with van der Waals surface area (Å²) < 4.78 is 27.2. The molecule has 8 heteroatoms. The molecule has 1 aliphatic heterocycles. The number of hydrogen-bond acceptors (Lipinski definition) is 4. The number of nitrogen functional groups attached to an aromatic ring is 1. The molecule has 1 aromatic rings. The smallest absolute Gasteiger partial charge is 0.241 e. The molecule has 2 rings (SSSR count). The highest BCUT2D eigenvalue weighted by Crippen LogP contribution is 2.24. The number of nitrogens with one attached hydrogen (secondary N) is 1. The van der Waals surface area contributed by atoms with Crippen LogP contribution in [-0.4, -0.2) is 38.9 Å². The third-order valence-electron chi connectivity index (χ3n) is 3.34. The largest absolute Gasteiger partial charge is 0.399 e. The van der Waals surface area contributed by atoms with E-state index in [2.05, 4.69) is 20.7 Å². The standard InChI is InChI=1S/C13H18BrN3O3S/c14-11-9-10(15)3-4-12(11)21(19,20)16-6-5-13(18)17-7-1-2-8-17/h3-4,9,16H,1-2,5-8,15H2. The lowest BCUT2D eigenvalue weighted by atomic mass is 10.3. The summed E-state index contributed by atoms with van der Waals surface area (Å²) in [6, 6.07) is 4.49. The summed E-state index contributed by atoms with van der Waals surface area (Å²) >= 11 is 3.18. The Morgan fingerprint density at radius 1 is 1.33 bits per heavy atom. The average Bonchev–Trinajstić information content (AvgIpc) is 2.91. The van der Waals surface area contributed by atoms with E-state index in [1.807, 2.05) is 0 Å². The Morgan fingerprint density at radius 2 is 2.00 bits per heavy atom. The Bertz CT molecular complexity index is 628. The Balaban J connectivity index is 1.93. The SMILES string of the molecule is Nc1ccc(S(=O)(=O)NCCC(=O)N2CCCC2)c(Br)c1. The predicted molar refractivity (Wildman–Crippen MR) is 84.2 cm³/mol. The Hall–Kier alpha value is -1.12. The minimum Gasteiger partial charge on any atom is -0.399 e. The van der Waals surface area contributed by atoms with Gasteiger partial charge in [0.15, 0.2) is 0 Å². The molecule has 0 atom stereocenters. The molecular formula is C13H18BrN3O3S. The van der Waals surface area contributed by atoms with E-state index < -0.39 is 10.0 Å². The molecule has 1 aliphatic rings. The van der Waals surface area contributed by atoms with Gasteiger partial charge in [0.1, 0.15) is 0 Å². The number of anilines is 1. The van der Waals surface area contributed by atoms with Gasteiger partial charge in [0.25, 0.3) is 0 Å². The van der Waals surface area contributed by atoms with Crippen LogP contribution in [0.1, 0.15) is 19.3 Å². The van der Waals surface area contributed by atoms with E-state index in [-0.39, 0.29) is 23.8 Å². The highest BCUT2D eigenvalue weighted by molar-refractivity contribution is 9.10. The molecule has 0 bridgehead atoms. The molecule has 1 aromatic carbocycles. The van der Waals surface area contributed by atoms with Crippen molar-refractivity contribution in [2.45, 2.75) is 24.2 Å². The van der Waals surface area contributed by atoms with E-state index in [4.69, 9.17) is 5.73 Å². The number of nitrogens with zero attached hydrogens (tertiary/aromatic N) is 1. The number of carbonyl (C=O) groups excluding carboxylic acids is 1. The number of amides is 1. The molecule has 6 nitrogen and oxygen atoms in total. The van der Waals surface area contributed by atoms with E-state index in [9.17, 15) is 13.2 Å². The molecule has 1 heterocycles. The van der Waals surface area contributed by atoms with Gasteiger partial charge in [-0.3, -0.25) is 4.79 Å². The zero-order chi connectivity index (χ0) is 15.5. The molecule has 0 radical (unpaired) electrons. The Morgan fingerprint density at radius 3 is 2.62 bits per heavy atom. The van der Waals surface area contributed by atoms with Crippen LogP contribution in [0.2, 0.25) is 0 Å². The van der Waals surface area contributed by atoms with Crippen LogP contribution in [0.15, 0.2) is 27.6 Å². The van der Waals surface area contributed by atoms with Crippen molar-refractivity contribution in [3.8, 4) is 0 Å². The number of carbonyl (C=O) groups is 1. The number of sulfonamides is 1. The zero-order valence-electron chi connectivity index (χ0n) is 11.5. The Kier molecular flexibility index (Phi) is 5.23. The summed E-state index contributed by atoms with van der Waals surface area (Å²) in [6.07, 6.45) is 2.22. The fourth-order valence-electron chi connectivity index (χ4n) is 2.23. The van der Waals surface area contributed by atoms with Gasteiger partial charge in [0.2, 0.25) is 15.9 Å². The minimum absolute atomic E-state index is 0.00780. The fourth-order valence-corrected chi connectivity index (χ4v) is 4.35. The van der Waals surface area contributed by atoms with Crippen molar-refractivity contribution in [3.63, 3.8) is 0 Å². The van der Waals surface area contributed by atoms with Crippen molar-refractivity contribution in [2.75, 3.05) is 25.4 Å². The molecule has 0 aromatic heterocycles. The van der Waals surface area contributed by atoms with Gasteiger partial charge >= 0.3 is 0 Å². The van der Waals surface area contributed by atoms with Gasteiger partial charge in [-0.25, -0.2) is 13.1 Å². The van der Waals surface area contributed by atoms with E-state index >= 15 is 0 Å². The average molecular weight is 376 g/mol. The molecule has 1 amide bonds. The summed E-state index contributed by atoms with van der Waals surface area (Å²) in [4.78, 5) is 13.7. The number of halogens is 1. The topological polar surface area (TPSA) is 92.5 Å². The second kappa shape index (κ2) is 6.76. The van der Waals surface area contributed by atoms with Gasteiger partial charge in [-0.15, -0.1) is 0 Å². The summed E-state index contributed by atoms with van der Waals surface area (Å²) in [5.41, 5.74) is 6.06. The van der Waals surface area contributed by atoms with Crippen molar-refractivity contribution in [1.82, 2.24) is 9.62 Å². The van der Waals surface area contributed by atoms with Crippen LogP contribution < -0.4 is 10.5 Å². The number of benzene rings is 1. The van der Waals surface area contributed by atoms with Crippen LogP contribution in [0.4, 0.5) is 5.69 Å². The first kappa shape index (κ1) is 16.3. The van der Waals surface area contributed by atoms with Gasteiger partial charge < -0.3 is 10.6 Å². The van der Waals surface area contributed by atoms with E-state index in [0.717, 1.165) is 25.9 Å². The number of rotatable bonds is 5. The van der Waals surface area contributed by atoms with Crippen LogP contribution in [0.5, 0.6) is 0 Å². The summed E-state index contributed by atoms with van der Waals surface area (Å²) in [5, 5.41) is 0. The lowest BCUT2D eigenvalue weighted by molar-refractivity contribution is -0.129. The van der Waals surface area contributed by atoms with Gasteiger partial charge in [-0.2, -0.15) is 0 Å². The second-order valence-corrected chi connectivity index (χ2v) is 7.52. The normalized spacial score (nSPS) is 15.4. The first-order valence-corrected chi connectivity index (χ1v) is 9.00. The van der Waals surface area contributed by atoms with Gasteiger partial charge in [-0.1, -0.05) is 0 Å². The summed E-state index contributed by atoms with van der Waals surface area (Å²) in [6.45, 7) is 1.64. The number of likely N-dealkylation sites (tertiary alicyclic amines) is 1. The van der Waals surface area contributed by atoms with Gasteiger partial charge in [0, 0.05) is 36.2 Å². The molecule has 3 N–H and O–H groups in total. The van der Waals surface area contributed by atoms with Crippen LogP contribution in [0.3, 0.4) is 0 Å².